The number of para-hydroxylation sites is 1. The summed E-state index contributed by atoms with van der Waals surface area (Å²) in [6, 6.07) is 12.7. The Kier molecular flexibility index (Phi) is 4.63. The van der Waals surface area contributed by atoms with E-state index < -0.39 is 0 Å². The van der Waals surface area contributed by atoms with Crippen LogP contribution < -0.4 is 15.8 Å². The molecule has 20 heavy (non-hydrogen) atoms. The fourth-order valence-electron chi connectivity index (χ4n) is 1.82. The molecule has 0 fully saturated rings. The smallest absolute Gasteiger partial charge is 0.228 e. The van der Waals surface area contributed by atoms with Crippen molar-refractivity contribution in [3.8, 4) is 5.75 Å². The van der Waals surface area contributed by atoms with Gasteiger partial charge in [0.25, 0.3) is 0 Å². The molecule has 0 atom stereocenters. The fourth-order valence-corrected chi connectivity index (χ4v) is 2.36. The van der Waals surface area contributed by atoms with Gasteiger partial charge in [-0.05, 0) is 45.8 Å². The summed E-state index contributed by atoms with van der Waals surface area (Å²) in [4.78, 5) is 12.0. The van der Waals surface area contributed by atoms with Gasteiger partial charge in [-0.1, -0.05) is 18.2 Å². The SMILES string of the molecule is COc1ccc(NC(=O)Cc2ccccc2N)cc1Br. The summed E-state index contributed by atoms with van der Waals surface area (Å²) in [5.74, 6) is 0.607. The molecule has 4 nitrogen and oxygen atoms in total. The van der Waals surface area contributed by atoms with Gasteiger partial charge in [0.2, 0.25) is 5.91 Å². The van der Waals surface area contributed by atoms with Crippen LogP contribution in [0.4, 0.5) is 11.4 Å². The van der Waals surface area contributed by atoms with Gasteiger partial charge in [-0.2, -0.15) is 0 Å². The van der Waals surface area contributed by atoms with Gasteiger partial charge in [0.1, 0.15) is 5.75 Å². The summed E-state index contributed by atoms with van der Waals surface area (Å²) in [6.07, 6.45) is 0.246. The number of nitrogens with two attached hydrogens (primary N) is 1. The molecule has 104 valence electrons. The van der Waals surface area contributed by atoms with Crippen molar-refractivity contribution in [2.24, 2.45) is 0 Å². The third-order valence-electron chi connectivity index (χ3n) is 2.84. The van der Waals surface area contributed by atoms with Crippen LogP contribution in [-0.4, -0.2) is 13.0 Å². The number of amides is 1. The van der Waals surface area contributed by atoms with Crippen molar-refractivity contribution in [2.45, 2.75) is 6.42 Å². The molecular formula is C15H15BrN2O2. The number of anilines is 2. The van der Waals surface area contributed by atoms with E-state index in [1.807, 2.05) is 18.2 Å². The maximum absolute atomic E-state index is 12.0. The molecule has 0 spiro atoms. The van der Waals surface area contributed by atoms with Crippen molar-refractivity contribution in [2.75, 3.05) is 18.2 Å². The van der Waals surface area contributed by atoms with E-state index in [1.165, 1.54) is 0 Å². The Morgan fingerprint density at radius 2 is 2.05 bits per heavy atom. The average Bonchev–Trinajstić information content (AvgIpc) is 2.41. The molecule has 0 bridgehead atoms. The van der Waals surface area contributed by atoms with Gasteiger partial charge in [-0.15, -0.1) is 0 Å². The lowest BCUT2D eigenvalue weighted by Crippen LogP contribution is -2.15. The predicted molar refractivity (Wildman–Crippen MR) is 83.9 cm³/mol. The van der Waals surface area contributed by atoms with Crippen LogP contribution in [0, 0.1) is 0 Å². The highest BCUT2D eigenvalue weighted by molar-refractivity contribution is 9.10. The maximum Gasteiger partial charge on any atom is 0.228 e. The van der Waals surface area contributed by atoms with Gasteiger partial charge in [-0.25, -0.2) is 0 Å². The van der Waals surface area contributed by atoms with E-state index in [0.29, 0.717) is 11.4 Å². The number of carbonyl (C=O) groups excluding carboxylic acids is 1. The van der Waals surface area contributed by atoms with E-state index in [-0.39, 0.29) is 12.3 Å². The second kappa shape index (κ2) is 6.43. The molecule has 5 heteroatoms. The number of methoxy groups -OCH3 is 1. The van der Waals surface area contributed by atoms with Crippen LogP contribution in [0.5, 0.6) is 5.75 Å². The molecule has 0 heterocycles. The lowest BCUT2D eigenvalue weighted by molar-refractivity contribution is -0.115. The molecule has 3 N–H and O–H groups in total. The number of hydrogen-bond donors (Lipinski definition) is 2. The number of halogens is 1. The third-order valence-corrected chi connectivity index (χ3v) is 3.46. The Balaban J connectivity index is 2.05. The van der Waals surface area contributed by atoms with Gasteiger partial charge in [0.15, 0.2) is 0 Å². The first-order valence-electron chi connectivity index (χ1n) is 6.07. The largest absolute Gasteiger partial charge is 0.496 e. The van der Waals surface area contributed by atoms with Crippen LogP contribution in [0.3, 0.4) is 0 Å². The predicted octanol–water partition coefficient (Wildman–Crippen LogP) is 3.22. The van der Waals surface area contributed by atoms with E-state index in [9.17, 15) is 4.79 Å². The molecule has 0 aliphatic carbocycles. The fraction of sp³-hybridized carbons (Fsp3) is 0.133. The minimum atomic E-state index is -0.111. The second-order valence-electron chi connectivity index (χ2n) is 4.27. The summed E-state index contributed by atoms with van der Waals surface area (Å²) in [6.45, 7) is 0. The zero-order valence-electron chi connectivity index (χ0n) is 11.0. The highest BCUT2D eigenvalue weighted by Crippen LogP contribution is 2.27. The van der Waals surface area contributed by atoms with Crippen molar-refractivity contribution in [1.82, 2.24) is 0 Å². The normalized spacial score (nSPS) is 10.1. The van der Waals surface area contributed by atoms with Crippen LogP contribution in [0.25, 0.3) is 0 Å². The van der Waals surface area contributed by atoms with Crippen molar-refractivity contribution < 1.29 is 9.53 Å². The van der Waals surface area contributed by atoms with Crippen LogP contribution >= 0.6 is 15.9 Å². The quantitative estimate of drug-likeness (QED) is 0.843. The minimum Gasteiger partial charge on any atom is -0.496 e. The van der Waals surface area contributed by atoms with Gasteiger partial charge < -0.3 is 15.8 Å². The molecule has 0 aromatic heterocycles. The molecule has 0 saturated carbocycles. The summed E-state index contributed by atoms with van der Waals surface area (Å²) in [5.41, 5.74) is 7.97. The van der Waals surface area contributed by atoms with Gasteiger partial charge in [0.05, 0.1) is 18.0 Å². The van der Waals surface area contributed by atoms with Crippen molar-refractivity contribution in [3.05, 3.63) is 52.5 Å². The van der Waals surface area contributed by atoms with E-state index in [0.717, 1.165) is 15.8 Å². The van der Waals surface area contributed by atoms with E-state index in [4.69, 9.17) is 10.5 Å². The second-order valence-corrected chi connectivity index (χ2v) is 5.13. The highest BCUT2D eigenvalue weighted by atomic mass is 79.9. The lowest BCUT2D eigenvalue weighted by Gasteiger charge is -2.09. The van der Waals surface area contributed by atoms with Crippen molar-refractivity contribution >= 4 is 33.2 Å². The first-order valence-corrected chi connectivity index (χ1v) is 6.86. The molecule has 0 aliphatic rings. The van der Waals surface area contributed by atoms with E-state index in [1.54, 1.807) is 31.4 Å². The number of ether oxygens (including phenoxy) is 1. The Bertz CT molecular complexity index is 629. The number of carbonyl (C=O) groups is 1. The van der Waals surface area contributed by atoms with Crippen LogP contribution in [0.2, 0.25) is 0 Å². The maximum atomic E-state index is 12.0. The third kappa shape index (κ3) is 3.51. The van der Waals surface area contributed by atoms with Crippen LogP contribution in [0.1, 0.15) is 5.56 Å². The number of rotatable bonds is 4. The molecule has 0 saturated heterocycles. The van der Waals surface area contributed by atoms with Gasteiger partial charge >= 0.3 is 0 Å². The van der Waals surface area contributed by atoms with Crippen molar-refractivity contribution in [3.63, 3.8) is 0 Å². The molecular weight excluding hydrogens is 320 g/mol. The standard InChI is InChI=1S/C15H15BrN2O2/c1-20-14-7-6-11(9-12(14)16)18-15(19)8-10-4-2-3-5-13(10)17/h2-7,9H,8,17H2,1H3,(H,18,19). The molecule has 2 rings (SSSR count). The van der Waals surface area contributed by atoms with Gasteiger partial charge in [-0.3, -0.25) is 4.79 Å². The number of nitrogen functional groups attached to an aromatic ring is 1. The molecule has 0 aliphatic heterocycles. The minimum absolute atomic E-state index is 0.111. The molecule has 0 radical (unpaired) electrons. The van der Waals surface area contributed by atoms with E-state index in [2.05, 4.69) is 21.2 Å². The van der Waals surface area contributed by atoms with Crippen LogP contribution in [-0.2, 0) is 11.2 Å². The topological polar surface area (TPSA) is 64.3 Å². The van der Waals surface area contributed by atoms with Crippen LogP contribution in [0.15, 0.2) is 46.9 Å². The zero-order chi connectivity index (χ0) is 14.5. The Labute approximate surface area is 126 Å². The highest BCUT2D eigenvalue weighted by Gasteiger charge is 2.08. The first kappa shape index (κ1) is 14.4. The molecule has 2 aromatic rings. The zero-order valence-corrected chi connectivity index (χ0v) is 12.6. The molecule has 0 unspecified atom stereocenters. The number of hydrogen-bond acceptors (Lipinski definition) is 3. The van der Waals surface area contributed by atoms with Gasteiger partial charge in [0, 0.05) is 11.4 Å². The summed E-state index contributed by atoms with van der Waals surface area (Å²) in [7, 11) is 1.59. The average molecular weight is 335 g/mol. The summed E-state index contributed by atoms with van der Waals surface area (Å²) < 4.78 is 5.93. The Morgan fingerprint density at radius 3 is 2.70 bits per heavy atom. The Morgan fingerprint density at radius 1 is 1.30 bits per heavy atom. The monoisotopic (exact) mass is 334 g/mol. The molecule has 2 aromatic carbocycles. The van der Waals surface area contributed by atoms with Crippen molar-refractivity contribution in [1.29, 1.82) is 0 Å². The Hall–Kier alpha value is -2.01. The molecule has 1 amide bonds. The number of benzene rings is 2. The first-order chi connectivity index (χ1) is 9.60. The lowest BCUT2D eigenvalue weighted by atomic mass is 10.1. The van der Waals surface area contributed by atoms with E-state index >= 15 is 0 Å². The number of nitrogens with one attached hydrogen (secondary N) is 1. The summed E-state index contributed by atoms with van der Waals surface area (Å²) >= 11 is 3.38. The summed E-state index contributed by atoms with van der Waals surface area (Å²) in [5, 5.41) is 2.83.